The standard InChI is InChI=1S/C15H19FN4O/c1-10-7-13(16)4-3-11(10)5-6-18-15(21)14(17)12-8-19-20(2)9-12/h3-4,7-9,14H,5-6,17H2,1-2H3,(H,18,21). The van der Waals surface area contributed by atoms with Crippen LogP contribution in [0.2, 0.25) is 0 Å². The van der Waals surface area contributed by atoms with E-state index in [1.54, 1.807) is 30.2 Å². The van der Waals surface area contributed by atoms with Crippen molar-refractivity contribution in [1.29, 1.82) is 0 Å². The highest BCUT2D eigenvalue weighted by Gasteiger charge is 2.16. The number of aryl methyl sites for hydroxylation is 2. The lowest BCUT2D eigenvalue weighted by molar-refractivity contribution is -0.122. The van der Waals surface area contributed by atoms with Crippen molar-refractivity contribution in [2.45, 2.75) is 19.4 Å². The third kappa shape index (κ3) is 3.88. The first-order valence-electron chi connectivity index (χ1n) is 6.74. The fourth-order valence-corrected chi connectivity index (χ4v) is 2.12. The normalized spacial score (nSPS) is 12.2. The van der Waals surface area contributed by atoms with Gasteiger partial charge in [-0.15, -0.1) is 0 Å². The quantitative estimate of drug-likeness (QED) is 0.870. The van der Waals surface area contributed by atoms with Crippen molar-refractivity contribution in [3.05, 3.63) is 53.1 Å². The van der Waals surface area contributed by atoms with E-state index in [-0.39, 0.29) is 11.7 Å². The summed E-state index contributed by atoms with van der Waals surface area (Å²) in [6.45, 7) is 2.31. The maximum atomic E-state index is 13.0. The number of aromatic nitrogens is 2. The molecule has 1 heterocycles. The van der Waals surface area contributed by atoms with E-state index in [4.69, 9.17) is 5.73 Å². The first kappa shape index (κ1) is 15.2. The van der Waals surface area contributed by atoms with Crippen molar-refractivity contribution in [1.82, 2.24) is 15.1 Å². The van der Waals surface area contributed by atoms with Crippen LogP contribution in [0.1, 0.15) is 22.7 Å². The van der Waals surface area contributed by atoms with Gasteiger partial charge in [0.05, 0.1) is 6.20 Å². The van der Waals surface area contributed by atoms with Crippen LogP contribution in [0.3, 0.4) is 0 Å². The Labute approximate surface area is 123 Å². The van der Waals surface area contributed by atoms with E-state index >= 15 is 0 Å². The van der Waals surface area contributed by atoms with Crippen LogP contribution >= 0.6 is 0 Å². The van der Waals surface area contributed by atoms with Crippen molar-refractivity contribution in [2.75, 3.05) is 6.54 Å². The van der Waals surface area contributed by atoms with E-state index in [0.29, 0.717) is 18.5 Å². The number of hydrogen-bond acceptors (Lipinski definition) is 3. The van der Waals surface area contributed by atoms with Crippen molar-refractivity contribution < 1.29 is 9.18 Å². The molecule has 5 nitrogen and oxygen atoms in total. The van der Waals surface area contributed by atoms with Gasteiger partial charge in [0.1, 0.15) is 11.9 Å². The summed E-state index contributed by atoms with van der Waals surface area (Å²) in [7, 11) is 1.77. The van der Waals surface area contributed by atoms with E-state index in [1.165, 1.54) is 12.1 Å². The zero-order chi connectivity index (χ0) is 15.4. The zero-order valence-electron chi connectivity index (χ0n) is 12.1. The lowest BCUT2D eigenvalue weighted by atomic mass is 10.1. The average Bonchev–Trinajstić information content (AvgIpc) is 2.87. The molecule has 0 radical (unpaired) electrons. The van der Waals surface area contributed by atoms with Gasteiger partial charge in [0, 0.05) is 25.4 Å². The fourth-order valence-electron chi connectivity index (χ4n) is 2.12. The van der Waals surface area contributed by atoms with Gasteiger partial charge in [-0.25, -0.2) is 4.39 Å². The predicted octanol–water partition coefficient (Wildman–Crippen LogP) is 1.23. The minimum Gasteiger partial charge on any atom is -0.354 e. The molecule has 0 aliphatic carbocycles. The van der Waals surface area contributed by atoms with Gasteiger partial charge < -0.3 is 11.1 Å². The number of benzene rings is 1. The number of carbonyl (C=O) groups excluding carboxylic acids is 1. The van der Waals surface area contributed by atoms with E-state index in [2.05, 4.69) is 10.4 Å². The number of nitrogens with two attached hydrogens (primary N) is 1. The molecule has 1 atom stereocenters. The van der Waals surface area contributed by atoms with Crippen molar-refractivity contribution in [2.24, 2.45) is 12.8 Å². The maximum Gasteiger partial charge on any atom is 0.241 e. The van der Waals surface area contributed by atoms with Crippen molar-refractivity contribution in [3.63, 3.8) is 0 Å². The van der Waals surface area contributed by atoms with Crippen LogP contribution in [0.5, 0.6) is 0 Å². The number of rotatable bonds is 5. The molecular weight excluding hydrogens is 271 g/mol. The predicted molar refractivity (Wildman–Crippen MR) is 78.0 cm³/mol. The summed E-state index contributed by atoms with van der Waals surface area (Å²) in [5, 5.41) is 6.77. The van der Waals surface area contributed by atoms with E-state index in [1.807, 2.05) is 6.92 Å². The van der Waals surface area contributed by atoms with E-state index in [9.17, 15) is 9.18 Å². The topological polar surface area (TPSA) is 72.9 Å². The summed E-state index contributed by atoms with van der Waals surface area (Å²) in [6.07, 6.45) is 3.93. The Morgan fingerprint density at radius 3 is 2.90 bits per heavy atom. The van der Waals surface area contributed by atoms with Crippen LogP contribution in [0, 0.1) is 12.7 Å². The Hall–Kier alpha value is -2.21. The van der Waals surface area contributed by atoms with Crippen LogP contribution in [-0.4, -0.2) is 22.2 Å². The fraction of sp³-hybridized carbons (Fsp3) is 0.333. The molecule has 6 heteroatoms. The van der Waals surface area contributed by atoms with Gasteiger partial charge in [0.15, 0.2) is 0 Å². The number of amides is 1. The Balaban J connectivity index is 1.86. The second-order valence-corrected chi connectivity index (χ2v) is 5.04. The summed E-state index contributed by atoms with van der Waals surface area (Å²) >= 11 is 0. The third-order valence-electron chi connectivity index (χ3n) is 3.36. The molecule has 0 aliphatic rings. The molecule has 2 rings (SSSR count). The molecule has 0 saturated heterocycles. The Kier molecular flexibility index (Phi) is 4.70. The molecule has 0 bridgehead atoms. The largest absolute Gasteiger partial charge is 0.354 e. The number of hydrogen-bond donors (Lipinski definition) is 2. The first-order chi connectivity index (χ1) is 9.97. The van der Waals surface area contributed by atoms with Crippen LogP contribution in [0.25, 0.3) is 0 Å². The second-order valence-electron chi connectivity index (χ2n) is 5.04. The molecule has 112 valence electrons. The number of nitrogens with one attached hydrogen (secondary N) is 1. The van der Waals surface area contributed by atoms with Gasteiger partial charge >= 0.3 is 0 Å². The van der Waals surface area contributed by atoms with Gasteiger partial charge in [-0.2, -0.15) is 5.10 Å². The molecule has 0 aliphatic heterocycles. The van der Waals surface area contributed by atoms with Crippen LogP contribution in [0.4, 0.5) is 4.39 Å². The van der Waals surface area contributed by atoms with E-state index < -0.39 is 6.04 Å². The summed E-state index contributed by atoms with van der Waals surface area (Å²) < 4.78 is 14.6. The zero-order valence-corrected chi connectivity index (χ0v) is 12.1. The minimum atomic E-state index is -0.729. The minimum absolute atomic E-state index is 0.247. The highest BCUT2D eigenvalue weighted by Crippen LogP contribution is 2.11. The van der Waals surface area contributed by atoms with Crippen molar-refractivity contribution >= 4 is 5.91 Å². The van der Waals surface area contributed by atoms with Gasteiger partial charge in [-0.1, -0.05) is 6.07 Å². The van der Waals surface area contributed by atoms with Gasteiger partial charge in [-0.3, -0.25) is 9.48 Å². The maximum absolute atomic E-state index is 13.0. The Morgan fingerprint density at radius 1 is 1.52 bits per heavy atom. The Bertz CT molecular complexity index is 638. The third-order valence-corrected chi connectivity index (χ3v) is 3.36. The van der Waals surface area contributed by atoms with Gasteiger partial charge in [0.2, 0.25) is 5.91 Å². The van der Waals surface area contributed by atoms with Crippen LogP contribution in [-0.2, 0) is 18.3 Å². The summed E-state index contributed by atoms with van der Waals surface area (Å²) in [5.74, 6) is -0.498. The molecule has 1 aromatic carbocycles. The highest BCUT2D eigenvalue weighted by atomic mass is 19.1. The summed E-state index contributed by atoms with van der Waals surface area (Å²) in [4.78, 5) is 11.9. The lowest BCUT2D eigenvalue weighted by Gasteiger charge is -2.11. The highest BCUT2D eigenvalue weighted by molar-refractivity contribution is 5.82. The molecule has 0 fully saturated rings. The Morgan fingerprint density at radius 2 is 2.29 bits per heavy atom. The molecular formula is C15H19FN4O. The second kappa shape index (κ2) is 6.49. The molecule has 1 unspecified atom stereocenters. The number of halogens is 1. The van der Waals surface area contributed by atoms with Crippen LogP contribution in [0.15, 0.2) is 30.6 Å². The molecule has 21 heavy (non-hydrogen) atoms. The molecule has 1 amide bonds. The van der Waals surface area contributed by atoms with Crippen LogP contribution < -0.4 is 11.1 Å². The first-order valence-corrected chi connectivity index (χ1v) is 6.74. The monoisotopic (exact) mass is 290 g/mol. The average molecular weight is 290 g/mol. The smallest absolute Gasteiger partial charge is 0.241 e. The van der Waals surface area contributed by atoms with Crippen molar-refractivity contribution in [3.8, 4) is 0 Å². The number of nitrogens with zero attached hydrogens (tertiary/aromatic N) is 2. The summed E-state index contributed by atoms with van der Waals surface area (Å²) in [6, 6.07) is 3.91. The van der Waals surface area contributed by atoms with Gasteiger partial charge in [0.25, 0.3) is 0 Å². The van der Waals surface area contributed by atoms with Gasteiger partial charge in [-0.05, 0) is 36.6 Å². The molecule has 1 aromatic heterocycles. The molecule has 3 N–H and O–H groups in total. The lowest BCUT2D eigenvalue weighted by Crippen LogP contribution is -2.35. The molecule has 0 saturated carbocycles. The SMILES string of the molecule is Cc1cc(F)ccc1CCNC(=O)C(N)c1cnn(C)c1. The van der Waals surface area contributed by atoms with E-state index in [0.717, 1.165) is 11.1 Å². The molecule has 0 spiro atoms. The summed E-state index contributed by atoms with van der Waals surface area (Å²) in [5.41, 5.74) is 8.42. The number of carbonyl (C=O) groups is 1. The molecule has 2 aromatic rings.